The molecule has 2 N–H and O–H groups in total. The number of methoxy groups -OCH3 is 1. The highest BCUT2D eigenvalue weighted by Crippen LogP contribution is 2.17. The van der Waals surface area contributed by atoms with Gasteiger partial charge in [-0.05, 0) is 26.0 Å². The minimum absolute atomic E-state index is 0.168. The van der Waals surface area contributed by atoms with Gasteiger partial charge in [0.1, 0.15) is 5.82 Å². The van der Waals surface area contributed by atoms with Crippen molar-refractivity contribution in [1.82, 2.24) is 0 Å². The summed E-state index contributed by atoms with van der Waals surface area (Å²) in [4.78, 5) is 0.190. The van der Waals surface area contributed by atoms with Crippen molar-refractivity contribution in [1.29, 1.82) is 0 Å². The van der Waals surface area contributed by atoms with Crippen LogP contribution < -0.4 is 5.73 Å². The molecule has 0 spiro atoms. The van der Waals surface area contributed by atoms with Crippen LogP contribution in [0.5, 0.6) is 0 Å². The van der Waals surface area contributed by atoms with Gasteiger partial charge in [0, 0.05) is 18.9 Å². The Morgan fingerprint density at radius 1 is 1.47 bits per heavy atom. The monoisotopic (exact) mass is 259 g/mol. The van der Waals surface area contributed by atoms with Crippen molar-refractivity contribution in [2.45, 2.75) is 30.4 Å². The molecule has 0 aliphatic carbocycles. The number of hydrogen-bond acceptors (Lipinski definition) is 3. The highest BCUT2D eigenvalue weighted by atomic mass is 32.2. The van der Waals surface area contributed by atoms with Crippen molar-refractivity contribution < 1.29 is 13.3 Å². The minimum atomic E-state index is -1.45. The Bertz CT molecular complexity index is 409. The molecule has 0 aromatic heterocycles. The molecule has 0 amide bonds. The lowest BCUT2D eigenvalue weighted by molar-refractivity contribution is 0.00645. The lowest BCUT2D eigenvalue weighted by Gasteiger charge is -2.29. The highest BCUT2D eigenvalue weighted by molar-refractivity contribution is 7.85. The summed E-state index contributed by atoms with van der Waals surface area (Å²) in [7, 11) is 0.0943. The molecule has 1 rings (SSSR count). The molecule has 17 heavy (non-hydrogen) atoms. The fourth-order valence-electron chi connectivity index (χ4n) is 1.23. The standard InChI is InChI=1S/C12H18FNO2S/c1-12(2,16-3)11(14)8-17(15)10-7-5-4-6-9(10)13/h4-7,11H,8,14H2,1-3H3. The van der Waals surface area contributed by atoms with E-state index in [2.05, 4.69) is 0 Å². The second kappa shape index (κ2) is 5.71. The topological polar surface area (TPSA) is 52.3 Å². The van der Waals surface area contributed by atoms with Crippen molar-refractivity contribution in [2.75, 3.05) is 12.9 Å². The molecule has 0 bridgehead atoms. The van der Waals surface area contributed by atoms with Gasteiger partial charge >= 0.3 is 0 Å². The Morgan fingerprint density at radius 2 is 2.06 bits per heavy atom. The zero-order valence-electron chi connectivity index (χ0n) is 10.3. The molecule has 0 heterocycles. The van der Waals surface area contributed by atoms with Gasteiger partial charge in [0.15, 0.2) is 0 Å². The predicted octanol–water partition coefficient (Wildman–Crippen LogP) is 1.69. The zero-order valence-corrected chi connectivity index (χ0v) is 11.1. The molecule has 0 saturated heterocycles. The van der Waals surface area contributed by atoms with Crippen molar-refractivity contribution in [3.05, 3.63) is 30.1 Å². The van der Waals surface area contributed by atoms with Crippen LogP contribution in [0.25, 0.3) is 0 Å². The highest BCUT2D eigenvalue weighted by Gasteiger charge is 2.28. The first-order valence-electron chi connectivity index (χ1n) is 5.32. The summed E-state index contributed by atoms with van der Waals surface area (Å²) >= 11 is 0. The number of nitrogens with two attached hydrogens (primary N) is 1. The number of hydrogen-bond donors (Lipinski definition) is 1. The maximum atomic E-state index is 13.4. The predicted molar refractivity (Wildman–Crippen MR) is 66.7 cm³/mol. The Hall–Kier alpha value is -0.780. The van der Waals surface area contributed by atoms with Crippen molar-refractivity contribution >= 4 is 10.8 Å². The fourth-order valence-corrected chi connectivity index (χ4v) is 2.66. The van der Waals surface area contributed by atoms with Gasteiger partial charge in [-0.3, -0.25) is 4.21 Å². The molecular weight excluding hydrogens is 241 g/mol. The summed E-state index contributed by atoms with van der Waals surface area (Å²) in [5, 5.41) is 0. The number of rotatable bonds is 5. The summed E-state index contributed by atoms with van der Waals surface area (Å²) in [6.07, 6.45) is 0. The third kappa shape index (κ3) is 3.59. The Balaban J connectivity index is 2.77. The lowest BCUT2D eigenvalue weighted by atomic mass is 10.0. The lowest BCUT2D eigenvalue weighted by Crippen LogP contribution is -2.48. The van der Waals surface area contributed by atoms with E-state index in [1.807, 2.05) is 13.8 Å². The van der Waals surface area contributed by atoms with Gasteiger partial charge in [-0.15, -0.1) is 0 Å². The van der Waals surface area contributed by atoms with Crippen molar-refractivity contribution in [3.8, 4) is 0 Å². The maximum absolute atomic E-state index is 13.4. The first kappa shape index (κ1) is 14.3. The maximum Gasteiger partial charge on any atom is 0.139 e. The van der Waals surface area contributed by atoms with Crippen LogP contribution in [0.15, 0.2) is 29.2 Å². The Morgan fingerprint density at radius 3 is 2.59 bits per heavy atom. The van der Waals surface area contributed by atoms with Crippen LogP contribution in [-0.2, 0) is 15.5 Å². The molecule has 0 aliphatic rings. The molecule has 3 nitrogen and oxygen atoms in total. The zero-order chi connectivity index (χ0) is 13.1. The quantitative estimate of drug-likeness (QED) is 0.875. The van der Waals surface area contributed by atoms with Gasteiger partial charge in [0.05, 0.1) is 21.3 Å². The number of halogens is 1. The molecular formula is C12H18FNO2S. The number of benzene rings is 1. The van der Waals surface area contributed by atoms with Crippen LogP contribution in [0.4, 0.5) is 4.39 Å². The van der Waals surface area contributed by atoms with E-state index in [9.17, 15) is 8.60 Å². The van der Waals surface area contributed by atoms with Crippen LogP contribution in [-0.4, -0.2) is 28.7 Å². The van der Waals surface area contributed by atoms with E-state index in [-0.39, 0.29) is 10.6 Å². The molecule has 1 aromatic rings. The van der Waals surface area contributed by atoms with Gasteiger partial charge in [-0.1, -0.05) is 12.1 Å². The van der Waals surface area contributed by atoms with Crippen molar-refractivity contribution in [3.63, 3.8) is 0 Å². The summed E-state index contributed by atoms with van der Waals surface area (Å²) in [5.41, 5.74) is 5.33. The molecule has 2 atom stereocenters. The molecule has 0 fully saturated rings. The third-order valence-electron chi connectivity index (χ3n) is 2.83. The molecule has 1 aromatic carbocycles. The number of ether oxygens (including phenoxy) is 1. The third-order valence-corrected chi connectivity index (χ3v) is 4.32. The normalized spacial score (nSPS) is 15.6. The van der Waals surface area contributed by atoms with Gasteiger partial charge in [-0.2, -0.15) is 0 Å². The summed E-state index contributed by atoms with van der Waals surface area (Å²) < 4.78 is 30.6. The molecule has 0 radical (unpaired) electrons. The second-order valence-corrected chi connectivity index (χ2v) is 5.82. The van der Waals surface area contributed by atoms with Crippen LogP contribution in [0.3, 0.4) is 0 Å². The van der Waals surface area contributed by atoms with Gasteiger partial charge in [0.2, 0.25) is 0 Å². The first-order chi connectivity index (χ1) is 7.88. The van der Waals surface area contributed by atoms with Gasteiger partial charge < -0.3 is 10.5 Å². The summed E-state index contributed by atoms with van der Waals surface area (Å²) in [5.74, 6) is -0.296. The second-order valence-electron chi connectivity index (χ2n) is 4.36. The molecule has 0 saturated carbocycles. The molecule has 5 heteroatoms. The van der Waals surface area contributed by atoms with Crippen molar-refractivity contribution in [2.24, 2.45) is 5.73 Å². The molecule has 96 valence electrons. The van der Waals surface area contributed by atoms with Gasteiger partial charge in [-0.25, -0.2) is 4.39 Å². The van der Waals surface area contributed by atoms with E-state index in [4.69, 9.17) is 10.5 Å². The summed E-state index contributed by atoms with van der Waals surface area (Å²) in [6.45, 7) is 3.63. The van der Waals surface area contributed by atoms with Crippen LogP contribution in [0, 0.1) is 5.82 Å². The van der Waals surface area contributed by atoms with E-state index < -0.39 is 28.3 Å². The fraction of sp³-hybridized carbons (Fsp3) is 0.500. The van der Waals surface area contributed by atoms with E-state index in [0.29, 0.717) is 0 Å². The summed E-state index contributed by atoms with van der Waals surface area (Å²) in [6, 6.07) is 5.60. The van der Waals surface area contributed by atoms with Gasteiger partial charge in [0.25, 0.3) is 0 Å². The van der Waals surface area contributed by atoms with Crippen LogP contribution in [0.1, 0.15) is 13.8 Å². The minimum Gasteiger partial charge on any atom is -0.377 e. The van der Waals surface area contributed by atoms with E-state index >= 15 is 0 Å². The average Bonchev–Trinajstić information content (AvgIpc) is 2.29. The van der Waals surface area contributed by atoms with Crippen LogP contribution >= 0.6 is 0 Å². The Labute approximate surface area is 104 Å². The van der Waals surface area contributed by atoms with E-state index in [1.165, 1.54) is 12.1 Å². The van der Waals surface area contributed by atoms with Crippen LogP contribution in [0.2, 0.25) is 0 Å². The smallest absolute Gasteiger partial charge is 0.139 e. The Kier molecular flexibility index (Phi) is 4.80. The van der Waals surface area contributed by atoms with E-state index in [1.54, 1.807) is 19.2 Å². The first-order valence-corrected chi connectivity index (χ1v) is 6.64. The molecule has 2 unspecified atom stereocenters. The average molecular weight is 259 g/mol. The SMILES string of the molecule is COC(C)(C)C(N)CS(=O)c1ccccc1F. The van der Waals surface area contributed by atoms with E-state index in [0.717, 1.165) is 0 Å². The largest absolute Gasteiger partial charge is 0.377 e. The molecule has 0 aliphatic heterocycles.